The molecule has 9 heteroatoms. The summed E-state index contributed by atoms with van der Waals surface area (Å²) in [5.74, 6) is -0.367. The average molecular weight is 465 g/mol. The summed E-state index contributed by atoms with van der Waals surface area (Å²) in [6.45, 7) is 0.258. The fourth-order valence-corrected chi connectivity index (χ4v) is 4.87. The van der Waals surface area contributed by atoms with Crippen LogP contribution < -0.4 is 5.32 Å². The number of benzene rings is 2. The summed E-state index contributed by atoms with van der Waals surface area (Å²) < 4.78 is 27.0. The molecule has 0 aliphatic heterocycles. The van der Waals surface area contributed by atoms with Crippen LogP contribution in [0.3, 0.4) is 0 Å². The molecule has 2 aromatic carbocycles. The Balaban J connectivity index is 1.44. The van der Waals surface area contributed by atoms with Gasteiger partial charge in [0.1, 0.15) is 5.69 Å². The zero-order chi connectivity index (χ0) is 22.6. The zero-order valence-corrected chi connectivity index (χ0v) is 18.8. The minimum Gasteiger partial charge on any atom is -0.298 e. The van der Waals surface area contributed by atoms with Crippen molar-refractivity contribution in [1.29, 1.82) is 0 Å². The first-order valence-corrected chi connectivity index (χ1v) is 12.0. The Hall–Kier alpha value is -3.40. The number of anilines is 1. The first-order valence-electron chi connectivity index (χ1n) is 9.72. The van der Waals surface area contributed by atoms with Crippen molar-refractivity contribution < 1.29 is 13.2 Å². The highest BCUT2D eigenvalue weighted by atomic mass is 32.2. The van der Waals surface area contributed by atoms with E-state index in [1.54, 1.807) is 6.20 Å². The van der Waals surface area contributed by atoms with Gasteiger partial charge in [-0.2, -0.15) is 4.31 Å². The maximum absolute atomic E-state index is 12.9. The van der Waals surface area contributed by atoms with E-state index in [0.717, 1.165) is 11.3 Å². The molecule has 2 heterocycles. The van der Waals surface area contributed by atoms with Gasteiger partial charge in [0.25, 0.3) is 5.91 Å². The normalized spacial score (nSPS) is 11.4. The molecule has 32 heavy (non-hydrogen) atoms. The van der Waals surface area contributed by atoms with Crippen LogP contribution in [0.2, 0.25) is 0 Å². The van der Waals surface area contributed by atoms with Crippen molar-refractivity contribution in [3.8, 4) is 11.4 Å². The lowest BCUT2D eigenvalue weighted by Gasteiger charge is -2.17. The van der Waals surface area contributed by atoms with Crippen molar-refractivity contribution in [1.82, 2.24) is 14.3 Å². The Morgan fingerprint density at radius 3 is 2.38 bits per heavy atom. The largest absolute Gasteiger partial charge is 0.298 e. The molecular formula is C23H20N4O3S2. The quantitative estimate of drug-likeness (QED) is 0.441. The van der Waals surface area contributed by atoms with E-state index in [9.17, 15) is 13.2 Å². The minimum atomic E-state index is -3.68. The van der Waals surface area contributed by atoms with Gasteiger partial charge in [0, 0.05) is 30.7 Å². The number of amides is 1. The third-order valence-electron chi connectivity index (χ3n) is 4.72. The Kier molecular flexibility index (Phi) is 6.40. The van der Waals surface area contributed by atoms with E-state index in [1.165, 1.54) is 47.0 Å². The van der Waals surface area contributed by atoms with Gasteiger partial charge in [-0.1, -0.05) is 36.4 Å². The van der Waals surface area contributed by atoms with Crippen LogP contribution in [0.25, 0.3) is 11.4 Å². The predicted octanol–water partition coefficient (Wildman–Crippen LogP) is 4.28. The van der Waals surface area contributed by atoms with Gasteiger partial charge < -0.3 is 0 Å². The van der Waals surface area contributed by atoms with Crippen molar-refractivity contribution in [3.05, 3.63) is 95.5 Å². The summed E-state index contributed by atoms with van der Waals surface area (Å²) in [7, 11) is -2.15. The molecule has 0 aliphatic rings. The highest BCUT2D eigenvalue weighted by Gasteiger charge is 2.21. The molecule has 0 spiro atoms. The van der Waals surface area contributed by atoms with E-state index in [2.05, 4.69) is 15.3 Å². The molecule has 0 aliphatic carbocycles. The second-order valence-corrected chi connectivity index (χ2v) is 9.88. The number of rotatable bonds is 7. The lowest BCUT2D eigenvalue weighted by Crippen LogP contribution is -2.26. The van der Waals surface area contributed by atoms with Gasteiger partial charge in [0.2, 0.25) is 10.0 Å². The standard InChI is InChI=1S/C23H20N4O3S2/c1-27(15-17-7-3-2-4-8-17)32(29,30)19-12-10-18(11-13-19)22(28)26-23-25-21(16-31-23)20-9-5-6-14-24-20/h2-14,16H,15H2,1H3,(H,25,26,28). The summed E-state index contributed by atoms with van der Waals surface area (Å²) in [6, 6.07) is 20.7. The van der Waals surface area contributed by atoms with Crippen molar-refractivity contribution in [2.75, 3.05) is 12.4 Å². The van der Waals surface area contributed by atoms with Crippen LogP contribution in [0, 0.1) is 0 Å². The van der Waals surface area contributed by atoms with E-state index in [0.29, 0.717) is 16.4 Å². The highest BCUT2D eigenvalue weighted by Crippen LogP contribution is 2.24. The van der Waals surface area contributed by atoms with Crippen LogP contribution in [0.15, 0.2) is 89.3 Å². The van der Waals surface area contributed by atoms with E-state index >= 15 is 0 Å². The van der Waals surface area contributed by atoms with Gasteiger partial charge >= 0.3 is 0 Å². The molecular weight excluding hydrogens is 444 g/mol. The topological polar surface area (TPSA) is 92.3 Å². The molecule has 2 aromatic heterocycles. The fraction of sp³-hybridized carbons (Fsp3) is 0.0870. The molecule has 0 atom stereocenters. The molecule has 1 amide bonds. The van der Waals surface area contributed by atoms with E-state index in [4.69, 9.17) is 0 Å². The number of thiazole rings is 1. The Bertz CT molecular complexity index is 1310. The summed E-state index contributed by atoms with van der Waals surface area (Å²) >= 11 is 1.29. The number of sulfonamides is 1. The summed E-state index contributed by atoms with van der Waals surface area (Å²) in [4.78, 5) is 21.3. The van der Waals surface area contributed by atoms with Crippen LogP contribution in [0.5, 0.6) is 0 Å². The van der Waals surface area contributed by atoms with Crippen LogP contribution in [-0.2, 0) is 16.6 Å². The molecule has 7 nitrogen and oxygen atoms in total. The van der Waals surface area contributed by atoms with Crippen molar-refractivity contribution >= 4 is 32.4 Å². The number of nitrogens with zero attached hydrogens (tertiary/aromatic N) is 3. The predicted molar refractivity (Wildman–Crippen MR) is 125 cm³/mol. The molecule has 0 saturated heterocycles. The van der Waals surface area contributed by atoms with Crippen molar-refractivity contribution in [2.24, 2.45) is 0 Å². The van der Waals surface area contributed by atoms with Crippen LogP contribution in [0.1, 0.15) is 15.9 Å². The number of nitrogens with one attached hydrogen (secondary N) is 1. The Labute approximate surface area is 190 Å². The average Bonchev–Trinajstić information content (AvgIpc) is 3.29. The first-order chi connectivity index (χ1) is 15.4. The first kappa shape index (κ1) is 21.8. The lowest BCUT2D eigenvalue weighted by molar-refractivity contribution is 0.102. The zero-order valence-electron chi connectivity index (χ0n) is 17.2. The molecule has 4 aromatic rings. The molecule has 0 unspecified atom stereocenters. The van der Waals surface area contributed by atoms with Gasteiger partial charge in [-0.3, -0.25) is 15.1 Å². The fourth-order valence-electron chi connectivity index (χ4n) is 3.02. The molecule has 4 rings (SSSR count). The smallest absolute Gasteiger partial charge is 0.257 e. The van der Waals surface area contributed by atoms with Crippen LogP contribution in [0.4, 0.5) is 5.13 Å². The number of carbonyl (C=O) groups is 1. The number of aromatic nitrogens is 2. The maximum Gasteiger partial charge on any atom is 0.257 e. The second-order valence-electron chi connectivity index (χ2n) is 6.98. The van der Waals surface area contributed by atoms with E-state index in [1.807, 2.05) is 53.9 Å². The summed E-state index contributed by atoms with van der Waals surface area (Å²) in [6.07, 6.45) is 1.68. The molecule has 162 valence electrons. The third kappa shape index (κ3) is 4.91. The van der Waals surface area contributed by atoms with Gasteiger partial charge in [-0.15, -0.1) is 11.3 Å². The van der Waals surface area contributed by atoms with Gasteiger partial charge in [0.05, 0.1) is 10.6 Å². The number of hydrogen-bond acceptors (Lipinski definition) is 6. The van der Waals surface area contributed by atoms with Gasteiger partial charge in [0.15, 0.2) is 5.13 Å². The van der Waals surface area contributed by atoms with E-state index in [-0.39, 0.29) is 17.3 Å². The number of pyridine rings is 1. The van der Waals surface area contributed by atoms with Gasteiger partial charge in [-0.25, -0.2) is 13.4 Å². The van der Waals surface area contributed by atoms with Crippen LogP contribution >= 0.6 is 11.3 Å². The number of carbonyl (C=O) groups excluding carboxylic acids is 1. The molecule has 1 N–H and O–H groups in total. The van der Waals surface area contributed by atoms with Crippen molar-refractivity contribution in [3.63, 3.8) is 0 Å². The molecule has 0 fully saturated rings. The highest BCUT2D eigenvalue weighted by molar-refractivity contribution is 7.89. The Morgan fingerprint density at radius 2 is 1.69 bits per heavy atom. The van der Waals surface area contributed by atoms with Crippen LogP contribution in [-0.4, -0.2) is 35.6 Å². The summed E-state index contributed by atoms with van der Waals surface area (Å²) in [5, 5.41) is 5.00. The molecule has 0 saturated carbocycles. The third-order valence-corrected chi connectivity index (χ3v) is 7.30. The Morgan fingerprint density at radius 1 is 0.969 bits per heavy atom. The number of hydrogen-bond donors (Lipinski definition) is 1. The monoisotopic (exact) mass is 464 g/mol. The second kappa shape index (κ2) is 9.39. The van der Waals surface area contributed by atoms with Crippen molar-refractivity contribution in [2.45, 2.75) is 11.4 Å². The molecule has 0 bridgehead atoms. The summed E-state index contributed by atoms with van der Waals surface area (Å²) in [5.41, 5.74) is 2.62. The van der Waals surface area contributed by atoms with E-state index < -0.39 is 10.0 Å². The minimum absolute atomic E-state index is 0.124. The lowest BCUT2D eigenvalue weighted by atomic mass is 10.2. The molecule has 0 radical (unpaired) electrons. The maximum atomic E-state index is 12.9. The van der Waals surface area contributed by atoms with Gasteiger partial charge in [-0.05, 0) is 42.0 Å². The SMILES string of the molecule is CN(Cc1ccccc1)S(=O)(=O)c1ccc(C(=O)Nc2nc(-c3ccccn3)cs2)cc1.